The normalized spacial score (nSPS) is 31.9. The second-order valence-corrected chi connectivity index (χ2v) is 5.58. The van der Waals surface area contributed by atoms with E-state index in [0.29, 0.717) is 6.61 Å². The van der Waals surface area contributed by atoms with Gasteiger partial charge in [-0.2, -0.15) is 0 Å². The number of hydrogen-bond acceptors (Lipinski definition) is 3. The van der Waals surface area contributed by atoms with Crippen LogP contribution in [0.25, 0.3) is 0 Å². The number of ether oxygens (including phenoxy) is 2. The van der Waals surface area contributed by atoms with Gasteiger partial charge in [0, 0.05) is 0 Å². The van der Waals surface area contributed by atoms with Gasteiger partial charge in [-0.3, -0.25) is 0 Å². The average molecular weight is 221 g/mol. The summed E-state index contributed by atoms with van der Waals surface area (Å²) in [5, 5.41) is 0. The minimum absolute atomic E-state index is 0.0647. The summed E-state index contributed by atoms with van der Waals surface area (Å²) in [6, 6.07) is 0. The summed E-state index contributed by atoms with van der Waals surface area (Å²) in [7, 11) is 0. The van der Waals surface area contributed by atoms with Crippen molar-refractivity contribution in [3.05, 3.63) is 11.3 Å². The zero-order chi connectivity index (χ0) is 11.2. The molecule has 0 aromatic carbocycles. The minimum atomic E-state index is -0.0658. The van der Waals surface area contributed by atoms with Crippen LogP contribution < -0.4 is 0 Å². The SMILES string of the molecule is CC1(C)COC([C@@H]2OC2=C2CCCCC2)=N1. The summed E-state index contributed by atoms with van der Waals surface area (Å²) >= 11 is 0. The van der Waals surface area contributed by atoms with E-state index in [9.17, 15) is 0 Å². The van der Waals surface area contributed by atoms with Crippen LogP contribution in [0.1, 0.15) is 46.0 Å². The van der Waals surface area contributed by atoms with Crippen molar-refractivity contribution in [2.24, 2.45) is 4.99 Å². The molecule has 88 valence electrons. The fraction of sp³-hybridized carbons (Fsp3) is 0.769. The van der Waals surface area contributed by atoms with E-state index in [4.69, 9.17) is 9.47 Å². The van der Waals surface area contributed by atoms with E-state index in [1.54, 1.807) is 0 Å². The maximum atomic E-state index is 5.66. The molecule has 1 saturated heterocycles. The van der Waals surface area contributed by atoms with E-state index in [2.05, 4.69) is 18.8 Å². The van der Waals surface area contributed by atoms with Crippen molar-refractivity contribution < 1.29 is 9.47 Å². The standard InChI is InChI=1S/C13H19NO2/c1-13(2)8-15-12(14-13)11-10(16-11)9-6-4-3-5-7-9/h11H,3-8H2,1-2H3/t11-/m1/s1. The van der Waals surface area contributed by atoms with E-state index >= 15 is 0 Å². The molecule has 0 amide bonds. The molecule has 0 unspecified atom stereocenters. The number of rotatable bonds is 1. The van der Waals surface area contributed by atoms with Crippen LogP contribution in [-0.4, -0.2) is 24.1 Å². The molecule has 2 aliphatic heterocycles. The first kappa shape index (κ1) is 10.2. The maximum Gasteiger partial charge on any atom is 0.234 e. The van der Waals surface area contributed by atoms with Gasteiger partial charge in [0.25, 0.3) is 0 Å². The summed E-state index contributed by atoms with van der Waals surface area (Å²) in [6.07, 6.45) is 6.48. The molecule has 3 aliphatic rings. The average Bonchev–Trinajstić information content (AvgIpc) is 2.99. The van der Waals surface area contributed by atoms with Gasteiger partial charge in [0.1, 0.15) is 12.4 Å². The first-order valence-electron chi connectivity index (χ1n) is 6.27. The second kappa shape index (κ2) is 3.51. The molecule has 1 atom stereocenters. The zero-order valence-corrected chi connectivity index (χ0v) is 10.1. The van der Waals surface area contributed by atoms with Crippen LogP contribution in [0.5, 0.6) is 0 Å². The van der Waals surface area contributed by atoms with Crippen molar-refractivity contribution in [1.29, 1.82) is 0 Å². The molecule has 3 heteroatoms. The highest BCUT2D eigenvalue weighted by atomic mass is 16.6. The summed E-state index contributed by atoms with van der Waals surface area (Å²) in [5.74, 6) is 1.97. The van der Waals surface area contributed by atoms with Crippen molar-refractivity contribution in [2.75, 3.05) is 6.61 Å². The number of aliphatic imine (C=N–C) groups is 1. The Morgan fingerprint density at radius 1 is 1.19 bits per heavy atom. The Morgan fingerprint density at radius 3 is 2.56 bits per heavy atom. The summed E-state index contributed by atoms with van der Waals surface area (Å²) in [6.45, 7) is 4.87. The van der Waals surface area contributed by atoms with Gasteiger partial charge in [-0.15, -0.1) is 0 Å². The largest absolute Gasteiger partial charge is 0.475 e. The highest BCUT2D eigenvalue weighted by Crippen LogP contribution is 2.39. The Morgan fingerprint density at radius 2 is 1.94 bits per heavy atom. The van der Waals surface area contributed by atoms with Crippen LogP contribution in [0, 0.1) is 0 Å². The fourth-order valence-corrected chi connectivity index (χ4v) is 2.50. The monoisotopic (exact) mass is 221 g/mol. The van der Waals surface area contributed by atoms with Gasteiger partial charge in [0.2, 0.25) is 12.0 Å². The van der Waals surface area contributed by atoms with Crippen LogP contribution in [0.4, 0.5) is 0 Å². The lowest BCUT2D eigenvalue weighted by Gasteiger charge is -2.10. The molecular formula is C13H19NO2. The Bertz CT molecular complexity index is 360. The summed E-state index contributed by atoms with van der Waals surface area (Å²) < 4.78 is 11.3. The number of hydrogen-bond donors (Lipinski definition) is 0. The van der Waals surface area contributed by atoms with Crippen molar-refractivity contribution in [3.63, 3.8) is 0 Å². The highest BCUT2D eigenvalue weighted by molar-refractivity contribution is 5.88. The van der Waals surface area contributed by atoms with E-state index in [0.717, 1.165) is 11.7 Å². The molecule has 2 heterocycles. The predicted molar refractivity (Wildman–Crippen MR) is 62.5 cm³/mol. The molecule has 0 N–H and O–H groups in total. The van der Waals surface area contributed by atoms with Crippen LogP contribution in [0.15, 0.2) is 16.3 Å². The van der Waals surface area contributed by atoms with Crippen molar-refractivity contribution >= 4 is 5.90 Å². The van der Waals surface area contributed by atoms with E-state index in [-0.39, 0.29) is 11.6 Å². The molecule has 0 spiro atoms. The van der Waals surface area contributed by atoms with Gasteiger partial charge in [-0.25, -0.2) is 4.99 Å². The van der Waals surface area contributed by atoms with Gasteiger partial charge in [-0.05, 0) is 45.1 Å². The quantitative estimate of drug-likeness (QED) is 0.638. The Kier molecular flexibility index (Phi) is 2.23. The second-order valence-electron chi connectivity index (χ2n) is 5.58. The number of epoxide rings is 1. The molecule has 16 heavy (non-hydrogen) atoms. The minimum Gasteiger partial charge on any atom is -0.475 e. The molecular weight excluding hydrogens is 202 g/mol. The Labute approximate surface area is 96.5 Å². The molecule has 3 rings (SSSR count). The van der Waals surface area contributed by atoms with Gasteiger partial charge in [0.05, 0.1) is 5.54 Å². The third-order valence-electron chi connectivity index (χ3n) is 3.44. The molecule has 1 aliphatic carbocycles. The van der Waals surface area contributed by atoms with Gasteiger partial charge >= 0.3 is 0 Å². The molecule has 1 saturated carbocycles. The van der Waals surface area contributed by atoms with Gasteiger partial charge in [0.15, 0.2) is 0 Å². The van der Waals surface area contributed by atoms with Crippen LogP contribution in [-0.2, 0) is 9.47 Å². The van der Waals surface area contributed by atoms with Gasteiger partial charge in [-0.1, -0.05) is 6.42 Å². The summed E-state index contributed by atoms with van der Waals surface area (Å²) in [5.41, 5.74) is 1.44. The van der Waals surface area contributed by atoms with Crippen LogP contribution >= 0.6 is 0 Å². The lowest BCUT2D eigenvalue weighted by Crippen LogP contribution is -2.17. The lowest BCUT2D eigenvalue weighted by molar-refractivity contribution is 0.267. The molecule has 0 bridgehead atoms. The predicted octanol–water partition coefficient (Wildman–Crippen LogP) is 2.81. The summed E-state index contributed by atoms with van der Waals surface area (Å²) in [4.78, 5) is 4.56. The zero-order valence-electron chi connectivity index (χ0n) is 10.1. The maximum absolute atomic E-state index is 5.66. The van der Waals surface area contributed by atoms with Crippen LogP contribution in [0.3, 0.4) is 0 Å². The van der Waals surface area contributed by atoms with Crippen molar-refractivity contribution in [3.8, 4) is 0 Å². The van der Waals surface area contributed by atoms with Crippen LogP contribution in [0.2, 0.25) is 0 Å². The third kappa shape index (κ3) is 1.83. The lowest BCUT2D eigenvalue weighted by atomic mass is 9.94. The van der Waals surface area contributed by atoms with Crippen molar-refractivity contribution in [1.82, 2.24) is 0 Å². The molecule has 0 aromatic rings. The number of nitrogens with zero attached hydrogens (tertiary/aromatic N) is 1. The Hall–Kier alpha value is -0.990. The van der Waals surface area contributed by atoms with Gasteiger partial charge < -0.3 is 9.47 Å². The third-order valence-corrected chi connectivity index (χ3v) is 3.44. The topological polar surface area (TPSA) is 34.1 Å². The first-order chi connectivity index (χ1) is 7.66. The smallest absolute Gasteiger partial charge is 0.234 e. The van der Waals surface area contributed by atoms with Crippen molar-refractivity contribution in [2.45, 2.75) is 57.6 Å². The molecule has 2 fully saturated rings. The van der Waals surface area contributed by atoms with E-state index < -0.39 is 0 Å². The van der Waals surface area contributed by atoms with E-state index in [1.165, 1.54) is 37.7 Å². The highest BCUT2D eigenvalue weighted by Gasteiger charge is 2.45. The number of allylic oxidation sites excluding steroid dienone is 1. The molecule has 0 aromatic heterocycles. The molecule has 0 radical (unpaired) electrons. The van der Waals surface area contributed by atoms with E-state index in [1.807, 2.05) is 0 Å². The Balaban J connectivity index is 1.72. The fourth-order valence-electron chi connectivity index (χ4n) is 2.50. The first-order valence-corrected chi connectivity index (χ1v) is 6.27. The molecule has 3 nitrogen and oxygen atoms in total.